The summed E-state index contributed by atoms with van der Waals surface area (Å²) in [7, 11) is 0. The Morgan fingerprint density at radius 3 is 2.80 bits per heavy atom. The predicted molar refractivity (Wildman–Crippen MR) is 69.0 cm³/mol. The molecule has 2 rings (SSSR count). The normalized spacial score (nSPS) is 16.1. The molecule has 3 N–H and O–H groups in total. The summed E-state index contributed by atoms with van der Waals surface area (Å²) in [5, 5.41) is 3.39. The van der Waals surface area contributed by atoms with Crippen LogP contribution in [-0.4, -0.2) is 6.54 Å². The quantitative estimate of drug-likeness (QED) is 0.819. The zero-order valence-electron chi connectivity index (χ0n) is 8.80. The van der Waals surface area contributed by atoms with Crippen molar-refractivity contribution in [3.63, 3.8) is 0 Å². The lowest BCUT2D eigenvalue weighted by atomic mass is 9.83. The molecule has 0 bridgehead atoms. The molecular weight excluding hydrogens is 252 g/mol. The van der Waals surface area contributed by atoms with E-state index in [0.717, 1.165) is 28.3 Å². The van der Waals surface area contributed by atoms with Crippen molar-refractivity contribution < 1.29 is 0 Å². The molecule has 0 radical (unpaired) electrons. The van der Waals surface area contributed by atoms with E-state index in [1.807, 2.05) is 18.2 Å². The van der Waals surface area contributed by atoms with Gasteiger partial charge in [0.05, 0.1) is 11.4 Å². The maximum Gasteiger partial charge on any atom is 0.0574 e. The van der Waals surface area contributed by atoms with Crippen LogP contribution in [0.25, 0.3) is 0 Å². The number of hydrogen-bond donors (Lipinski definition) is 2. The second-order valence-electron chi connectivity index (χ2n) is 4.24. The molecule has 0 unspecified atom stereocenters. The molecule has 1 saturated carbocycles. The predicted octanol–water partition coefficient (Wildman–Crippen LogP) is 3.63. The summed E-state index contributed by atoms with van der Waals surface area (Å²) in [5.41, 5.74) is 7.76. The Morgan fingerprint density at radius 1 is 1.40 bits per heavy atom. The lowest BCUT2D eigenvalue weighted by molar-refractivity contribution is 0.303. The molecule has 15 heavy (non-hydrogen) atoms. The summed E-state index contributed by atoms with van der Waals surface area (Å²) >= 11 is 3.40. The summed E-state index contributed by atoms with van der Waals surface area (Å²) < 4.78 is 1.03. The van der Waals surface area contributed by atoms with Gasteiger partial charge in [0.2, 0.25) is 0 Å². The van der Waals surface area contributed by atoms with Gasteiger partial charge in [-0.25, -0.2) is 0 Å². The third-order valence-corrected chi connectivity index (χ3v) is 3.60. The van der Waals surface area contributed by atoms with Crippen molar-refractivity contribution in [1.82, 2.24) is 0 Å². The van der Waals surface area contributed by atoms with Crippen LogP contribution in [0.1, 0.15) is 25.7 Å². The number of nitrogens with one attached hydrogen (secondary N) is 1. The first-order chi connectivity index (χ1) is 7.25. The molecule has 0 spiro atoms. The Hall–Kier alpha value is -0.700. The van der Waals surface area contributed by atoms with Gasteiger partial charge in [0.1, 0.15) is 0 Å². The number of nitrogens with two attached hydrogens (primary N) is 1. The first-order valence-corrected chi connectivity index (χ1v) is 6.34. The van der Waals surface area contributed by atoms with Crippen LogP contribution in [0.15, 0.2) is 22.7 Å². The Morgan fingerprint density at radius 2 is 2.20 bits per heavy atom. The molecule has 1 aromatic carbocycles. The maximum atomic E-state index is 5.89. The molecule has 0 aliphatic heterocycles. The molecule has 3 heteroatoms. The van der Waals surface area contributed by atoms with Crippen LogP contribution < -0.4 is 11.1 Å². The topological polar surface area (TPSA) is 38.0 Å². The van der Waals surface area contributed by atoms with Crippen molar-refractivity contribution in [3.05, 3.63) is 22.7 Å². The van der Waals surface area contributed by atoms with Crippen molar-refractivity contribution >= 4 is 27.3 Å². The van der Waals surface area contributed by atoms with E-state index < -0.39 is 0 Å². The minimum absolute atomic E-state index is 0.818. The Labute approximate surface area is 99.4 Å². The minimum atomic E-state index is 0.818. The van der Waals surface area contributed by atoms with Gasteiger partial charge >= 0.3 is 0 Å². The molecule has 1 fully saturated rings. The number of benzene rings is 1. The fourth-order valence-corrected chi connectivity index (χ4v) is 2.27. The Bertz CT molecular complexity index is 334. The summed E-state index contributed by atoms with van der Waals surface area (Å²) in [4.78, 5) is 0. The zero-order valence-corrected chi connectivity index (χ0v) is 10.4. The third kappa shape index (κ3) is 2.88. The SMILES string of the molecule is Nc1cc(Br)ccc1NCCC1CCC1. The molecule has 2 nitrogen and oxygen atoms in total. The first kappa shape index (κ1) is 10.8. The highest BCUT2D eigenvalue weighted by atomic mass is 79.9. The van der Waals surface area contributed by atoms with E-state index in [1.54, 1.807) is 0 Å². The summed E-state index contributed by atoms with van der Waals surface area (Å²) in [6.07, 6.45) is 5.52. The molecule has 0 amide bonds. The highest BCUT2D eigenvalue weighted by Crippen LogP contribution is 2.29. The summed E-state index contributed by atoms with van der Waals surface area (Å²) in [6, 6.07) is 5.98. The lowest BCUT2D eigenvalue weighted by Gasteiger charge is -2.25. The largest absolute Gasteiger partial charge is 0.397 e. The molecule has 1 aliphatic rings. The van der Waals surface area contributed by atoms with Gasteiger partial charge in [-0.2, -0.15) is 0 Å². The van der Waals surface area contributed by atoms with Crippen molar-refractivity contribution in [2.45, 2.75) is 25.7 Å². The Kier molecular flexibility index (Phi) is 3.52. The molecule has 0 heterocycles. The van der Waals surface area contributed by atoms with Crippen LogP contribution in [0.3, 0.4) is 0 Å². The minimum Gasteiger partial charge on any atom is -0.397 e. The van der Waals surface area contributed by atoms with Crippen LogP contribution in [0, 0.1) is 5.92 Å². The molecule has 0 aromatic heterocycles. The van der Waals surface area contributed by atoms with E-state index in [4.69, 9.17) is 5.73 Å². The van der Waals surface area contributed by atoms with Crippen LogP contribution >= 0.6 is 15.9 Å². The van der Waals surface area contributed by atoms with Gasteiger partial charge in [-0.15, -0.1) is 0 Å². The lowest BCUT2D eigenvalue weighted by Crippen LogP contribution is -2.15. The van der Waals surface area contributed by atoms with Crippen LogP contribution in [0.2, 0.25) is 0 Å². The third-order valence-electron chi connectivity index (χ3n) is 3.11. The van der Waals surface area contributed by atoms with E-state index >= 15 is 0 Å². The number of rotatable bonds is 4. The first-order valence-electron chi connectivity index (χ1n) is 5.54. The molecule has 0 atom stereocenters. The standard InChI is InChI=1S/C12H17BrN2/c13-10-4-5-12(11(14)8-10)15-7-6-9-2-1-3-9/h4-5,8-9,15H,1-3,6-7,14H2. The highest BCUT2D eigenvalue weighted by Gasteiger charge is 2.16. The zero-order chi connectivity index (χ0) is 10.7. The molecule has 1 aromatic rings. The van der Waals surface area contributed by atoms with Crippen LogP contribution in [-0.2, 0) is 0 Å². The van der Waals surface area contributed by atoms with Gasteiger partial charge in [-0.05, 0) is 30.5 Å². The van der Waals surface area contributed by atoms with E-state index in [9.17, 15) is 0 Å². The van der Waals surface area contributed by atoms with E-state index in [1.165, 1.54) is 25.7 Å². The summed E-state index contributed by atoms with van der Waals surface area (Å²) in [5.74, 6) is 0.953. The number of nitrogen functional groups attached to an aromatic ring is 1. The number of halogens is 1. The fraction of sp³-hybridized carbons (Fsp3) is 0.500. The van der Waals surface area contributed by atoms with Gasteiger partial charge in [0.15, 0.2) is 0 Å². The second-order valence-corrected chi connectivity index (χ2v) is 5.16. The van der Waals surface area contributed by atoms with Crippen LogP contribution in [0.4, 0.5) is 11.4 Å². The van der Waals surface area contributed by atoms with Crippen LogP contribution in [0.5, 0.6) is 0 Å². The van der Waals surface area contributed by atoms with Crippen molar-refractivity contribution in [2.24, 2.45) is 5.92 Å². The van der Waals surface area contributed by atoms with Gasteiger partial charge in [0, 0.05) is 11.0 Å². The van der Waals surface area contributed by atoms with Crippen molar-refractivity contribution in [2.75, 3.05) is 17.6 Å². The Balaban J connectivity index is 1.81. The number of hydrogen-bond acceptors (Lipinski definition) is 2. The molecular formula is C12H17BrN2. The van der Waals surface area contributed by atoms with Crippen molar-refractivity contribution in [3.8, 4) is 0 Å². The van der Waals surface area contributed by atoms with E-state index in [2.05, 4.69) is 21.2 Å². The number of anilines is 2. The maximum absolute atomic E-state index is 5.89. The summed E-state index contributed by atoms with van der Waals surface area (Å²) in [6.45, 7) is 1.04. The van der Waals surface area contributed by atoms with Gasteiger partial charge in [-0.1, -0.05) is 35.2 Å². The van der Waals surface area contributed by atoms with Crippen molar-refractivity contribution in [1.29, 1.82) is 0 Å². The van der Waals surface area contributed by atoms with E-state index in [0.29, 0.717) is 0 Å². The molecule has 0 saturated heterocycles. The average Bonchev–Trinajstić information content (AvgIpc) is 2.12. The molecule has 1 aliphatic carbocycles. The fourth-order valence-electron chi connectivity index (χ4n) is 1.89. The monoisotopic (exact) mass is 268 g/mol. The smallest absolute Gasteiger partial charge is 0.0574 e. The average molecular weight is 269 g/mol. The van der Waals surface area contributed by atoms with E-state index in [-0.39, 0.29) is 0 Å². The van der Waals surface area contributed by atoms with Gasteiger partial charge < -0.3 is 11.1 Å². The second kappa shape index (κ2) is 4.88. The van der Waals surface area contributed by atoms with Gasteiger partial charge in [0.25, 0.3) is 0 Å². The van der Waals surface area contributed by atoms with Gasteiger partial charge in [-0.3, -0.25) is 0 Å². The molecule has 82 valence electrons. The highest BCUT2D eigenvalue weighted by molar-refractivity contribution is 9.10.